The van der Waals surface area contributed by atoms with E-state index in [-0.39, 0.29) is 17.4 Å². The van der Waals surface area contributed by atoms with Crippen LogP contribution in [0.25, 0.3) is 11.5 Å². The zero-order chi connectivity index (χ0) is 15.9. The molecule has 118 valence electrons. The summed E-state index contributed by atoms with van der Waals surface area (Å²) in [6, 6.07) is 5.68. The minimum absolute atomic E-state index is 0.0549. The Morgan fingerprint density at radius 3 is 2.68 bits per heavy atom. The van der Waals surface area contributed by atoms with Crippen molar-refractivity contribution >= 4 is 17.7 Å². The number of alkyl halides is 2. The summed E-state index contributed by atoms with van der Waals surface area (Å²) < 4.78 is 34.9. The average molecular weight is 328 g/mol. The van der Waals surface area contributed by atoms with E-state index in [9.17, 15) is 13.6 Å². The highest BCUT2D eigenvalue weighted by Crippen LogP contribution is 2.26. The van der Waals surface area contributed by atoms with Gasteiger partial charge in [-0.2, -0.15) is 0 Å². The third-order valence-corrected chi connectivity index (χ3v) is 3.70. The molecule has 2 aromatic rings. The minimum Gasteiger partial charge on any atom is -0.469 e. The first-order valence-electron chi connectivity index (χ1n) is 6.51. The molecule has 0 saturated carbocycles. The molecule has 0 aliphatic heterocycles. The smallest absolute Gasteiger partial charge is 0.305 e. The van der Waals surface area contributed by atoms with E-state index in [4.69, 9.17) is 4.42 Å². The molecule has 0 radical (unpaired) electrons. The molecule has 22 heavy (non-hydrogen) atoms. The first-order valence-corrected chi connectivity index (χ1v) is 7.50. The lowest BCUT2D eigenvalue weighted by atomic mass is 10.1. The number of carbonyl (C=O) groups is 1. The summed E-state index contributed by atoms with van der Waals surface area (Å²) >= 11 is 1.33. The number of rotatable bonds is 7. The Labute approximate surface area is 130 Å². The third-order valence-electron chi connectivity index (χ3n) is 2.79. The topological polar surface area (TPSA) is 65.2 Å². The molecule has 5 nitrogen and oxygen atoms in total. The van der Waals surface area contributed by atoms with Gasteiger partial charge >= 0.3 is 5.97 Å². The molecule has 0 N–H and O–H groups in total. The van der Waals surface area contributed by atoms with Crippen LogP contribution in [0.15, 0.2) is 33.9 Å². The summed E-state index contributed by atoms with van der Waals surface area (Å²) in [4.78, 5) is 11.0. The Morgan fingerprint density at radius 1 is 1.32 bits per heavy atom. The van der Waals surface area contributed by atoms with Crippen molar-refractivity contribution in [1.82, 2.24) is 10.2 Å². The van der Waals surface area contributed by atoms with E-state index in [1.807, 2.05) is 0 Å². The summed E-state index contributed by atoms with van der Waals surface area (Å²) in [5.41, 5.74) is 0.527. The Hall–Kier alpha value is -1.96. The van der Waals surface area contributed by atoms with Crippen LogP contribution >= 0.6 is 11.8 Å². The lowest BCUT2D eigenvalue weighted by Gasteiger charge is -1.99. The van der Waals surface area contributed by atoms with Crippen molar-refractivity contribution < 1.29 is 22.7 Å². The summed E-state index contributed by atoms with van der Waals surface area (Å²) in [6.45, 7) is 0. The van der Waals surface area contributed by atoms with Gasteiger partial charge in [0.05, 0.1) is 7.11 Å². The highest BCUT2D eigenvalue weighted by atomic mass is 32.2. The fourth-order valence-corrected chi connectivity index (χ4v) is 2.33. The van der Waals surface area contributed by atoms with Crippen LogP contribution in [0.2, 0.25) is 0 Å². The van der Waals surface area contributed by atoms with Crippen molar-refractivity contribution in [3.05, 3.63) is 29.8 Å². The van der Waals surface area contributed by atoms with Gasteiger partial charge in [-0.15, -0.1) is 10.2 Å². The number of nitrogens with zero attached hydrogens (tertiary/aromatic N) is 2. The zero-order valence-electron chi connectivity index (χ0n) is 11.8. The number of thioether (sulfide) groups is 1. The molecule has 0 aliphatic carbocycles. The van der Waals surface area contributed by atoms with Crippen LogP contribution in [0.4, 0.5) is 8.78 Å². The van der Waals surface area contributed by atoms with Gasteiger partial charge in [-0.1, -0.05) is 23.9 Å². The number of hydrogen-bond donors (Lipinski definition) is 0. The molecule has 0 atom stereocenters. The van der Waals surface area contributed by atoms with Gasteiger partial charge in [0, 0.05) is 23.3 Å². The van der Waals surface area contributed by atoms with Crippen LogP contribution in [0.3, 0.4) is 0 Å². The normalized spacial score (nSPS) is 10.9. The van der Waals surface area contributed by atoms with Crippen LogP contribution in [0.1, 0.15) is 24.8 Å². The number of halogens is 2. The van der Waals surface area contributed by atoms with Gasteiger partial charge in [0.15, 0.2) is 0 Å². The van der Waals surface area contributed by atoms with Crippen molar-refractivity contribution in [2.45, 2.75) is 24.5 Å². The molecular formula is C14H14F2N2O3S. The molecule has 1 aromatic heterocycles. The van der Waals surface area contributed by atoms with E-state index < -0.39 is 6.43 Å². The van der Waals surface area contributed by atoms with E-state index in [1.165, 1.54) is 43.1 Å². The SMILES string of the molecule is COC(=O)CCCSc1nnc(-c2ccc(C(F)F)cc2)o1. The molecule has 8 heteroatoms. The van der Waals surface area contributed by atoms with Crippen LogP contribution in [-0.2, 0) is 9.53 Å². The Bertz CT molecular complexity index is 617. The van der Waals surface area contributed by atoms with Crippen molar-refractivity contribution in [2.75, 3.05) is 12.9 Å². The Morgan fingerprint density at radius 2 is 2.05 bits per heavy atom. The molecule has 0 amide bonds. The maximum Gasteiger partial charge on any atom is 0.305 e. The third kappa shape index (κ3) is 4.52. The quantitative estimate of drug-likeness (QED) is 0.438. The van der Waals surface area contributed by atoms with E-state index in [0.29, 0.717) is 29.4 Å². The second-order valence-corrected chi connectivity index (χ2v) is 5.37. The van der Waals surface area contributed by atoms with Gasteiger partial charge in [-0.25, -0.2) is 8.78 Å². The number of benzene rings is 1. The first-order chi connectivity index (χ1) is 10.6. The number of carbonyl (C=O) groups excluding carboxylic acids is 1. The minimum atomic E-state index is -2.50. The van der Waals surface area contributed by atoms with E-state index in [2.05, 4.69) is 14.9 Å². The van der Waals surface area contributed by atoms with Gasteiger partial charge < -0.3 is 9.15 Å². The summed E-state index contributed by atoms with van der Waals surface area (Å²) in [5, 5.41) is 8.12. The van der Waals surface area contributed by atoms with Gasteiger partial charge in [-0.05, 0) is 18.6 Å². The number of hydrogen-bond acceptors (Lipinski definition) is 6. The summed E-state index contributed by atoms with van der Waals surface area (Å²) in [6.07, 6.45) is -1.53. The van der Waals surface area contributed by atoms with E-state index in [0.717, 1.165) is 0 Å². The maximum atomic E-state index is 12.5. The first kappa shape index (κ1) is 16.4. The molecule has 0 saturated heterocycles. The summed E-state index contributed by atoms with van der Waals surface area (Å²) in [7, 11) is 1.35. The van der Waals surface area contributed by atoms with Crippen molar-refractivity contribution in [3.63, 3.8) is 0 Å². The average Bonchev–Trinajstić information content (AvgIpc) is 3.00. The molecule has 0 aliphatic rings. The monoisotopic (exact) mass is 328 g/mol. The number of aromatic nitrogens is 2. The molecule has 0 spiro atoms. The molecule has 0 fully saturated rings. The largest absolute Gasteiger partial charge is 0.469 e. The van der Waals surface area contributed by atoms with Crippen LogP contribution in [0.5, 0.6) is 0 Å². The van der Waals surface area contributed by atoms with Crippen LogP contribution < -0.4 is 0 Å². The fraction of sp³-hybridized carbons (Fsp3) is 0.357. The lowest BCUT2D eigenvalue weighted by molar-refractivity contribution is -0.140. The Kier molecular flexibility index (Phi) is 5.88. The van der Waals surface area contributed by atoms with Crippen molar-refractivity contribution in [3.8, 4) is 11.5 Å². The number of esters is 1. The predicted molar refractivity (Wildman–Crippen MR) is 76.7 cm³/mol. The molecule has 1 aromatic carbocycles. The Balaban J connectivity index is 1.89. The second kappa shape index (κ2) is 7.88. The maximum absolute atomic E-state index is 12.5. The van der Waals surface area contributed by atoms with Gasteiger partial charge in [0.1, 0.15) is 0 Å². The van der Waals surface area contributed by atoms with Crippen molar-refractivity contribution in [2.24, 2.45) is 0 Å². The van der Waals surface area contributed by atoms with Gasteiger partial charge in [0.25, 0.3) is 11.6 Å². The van der Waals surface area contributed by atoms with Gasteiger partial charge in [-0.3, -0.25) is 4.79 Å². The standard InChI is InChI=1S/C14H14F2N2O3S/c1-20-11(19)3-2-8-22-14-18-17-13(21-14)10-6-4-9(5-7-10)12(15)16/h4-7,12H,2-3,8H2,1H3. The number of ether oxygens (including phenoxy) is 1. The number of methoxy groups -OCH3 is 1. The van der Waals surface area contributed by atoms with Crippen molar-refractivity contribution in [1.29, 1.82) is 0 Å². The molecule has 2 rings (SSSR count). The lowest BCUT2D eigenvalue weighted by Crippen LogP contribution is -1.99. The van der Waals surface area contributed by atoms with E-state index >= 15 is 0 Å². The highest BCUT2D eigenvalue weighted by Gasteiger charge is 2.11. The highest BCUT2D eigenvalue weighted by molar-refractivity contribution is 7.99. The van der Waals surface area contributed by atoms with Gasteiger partial charge in [0.2, 0.25) is 5.89 Å². The zero-order valence-corrected chi connectivity index (χ0v) is 12.6. The molecule has 1 heterocycles. The van der Waals surface area contributed by atoms with Crippen LogP contribution in [-0.4, -0.2) is 29.0 Å². The fourth-order valence-electron chi connectivity index (χ4n) is 1.63. The predicted octanol–water partition coefficient (Wildman–Crippen LogP) is 3.72. The molecule has 0 unspecified atom stereocenters. The molecule has 0 bridgehead atoms. The second-order valence-electron chi connectivity index (χ2n) is 4.32. The van der Waals surface area contributed by atoms with E-state index in [1.54, 1.807) is 0 Å². The summed E-state index contributed by atoms with van der Waals surface area (Å²) in [5.74, 6) is 0.656. The van der Waals surface area contributed by atoms with Crippen LogP contribution in [0, 0.1) is 0 Å². The molecular weight excluding hydrogens is 314 g/mol.